The molecule has 1 N–H and O–H groups in total. The first-order valence-electron chi connectivity index (χ1n) is 9.67. The number of ether oxygens (including phenoxy) is 1. The molecule has 2 atom stereocenters. The van der Waals surface area contributed by atoms with Crippen molar-refractivity contribution in [2.24, 2.45) is 0 Å². The zero-order valence-electron chi connectivity index (χ0n) is 15.4. The second-order valence-electron chi connectivity index (χ2n) is 7.49. The standard InChI is InChI=1S/C19H22FN5O2S/c20-17-4-3-14(9-22-17)27-11-18(26)24-6-5-15-16(10-24)28-19(23-15)25-12-1-2-13(25)8-21-7-12/h3-4,9,12-13,21H,1-2,5-8,10-11H2. The molecule has 28 heavy (non-hydrogen) atoms. The number of carbonyl (C=O) groups excluding carboxylic acids is 1. The van der Waals surface area contributed by atoms with Gasteiger partial charge in [0.2, 0.25) is 5.95 Å². The molecule has 0 aromatic carbocycles. The van der Waals surface area contributed by atoms with Gasteiger partial charge in [-0.25, -0.2) is 9.97 Å². The minimum Gasteiger partial charge on any atom is -0.482 e. The van der Waals surface area contributed by atoms with Gasteiger partial charge in [0, 0.05) is 43.0 Å². The van der Waals surface area contributed by atoms with Gasteiger partial charge in [-0.1, -0.05) is 11.3 Å². The Hall–Kier alpha value is -2.26. The van der Waals surface area contributed by atoms with Crippen LogP contribution in [0.4, 0.5) is 9.52 Å². The maximum atomic E-state index is 12.9. The molecule has 5 heterocycles. The lowest BCUT2D eigenvalue weighted by atomic mass is 10.2. The molecule has 5 rings (SSSR count). The molecule has 0 saturated carbocycles. The summed E-state index contributed by atoms with van der Waals surface area (Å²) in [5.41, 5.74) is 1.13. The molecule has 0 aliphatic carbocycles. The van der Waals surface area contributed by atoms with Crippen LogP contribution in [-0.4, -0.2) is 59.1 Å². The minimum atomic E-state index is -0.568. The molecular formula is C19H22FN5O2S. The Morgan fingerprint density at radius 2 is 2.14 bits per heavy atom. The van der Waals surface area contributed by atoms with Crippen LogP contribution in [0.25, 0.3) is 0 Å². The third-order valence-corrected chi connectivity index (χ3v) is 6.83. The molecule has 0 radical (unpaired) electrons. The summed E-state index contributed by atoms with van der Waals surface area (Å²) >= 11 is 1.73. The molecule has 7 nitrogen and oxygen atoms in total. The molecular weight excluding hydrogens is 381 g/mol. The van der Waals surface area contributed by atoms with E-state index in [2.05, 4.69) is 15.2 Å². The third-order valence-electron chi connectivity index (χ3n) is 5.74. The van der Waals surface area contributed by atoms with Crippen LogP contribution in [0.2, 0.25) is 0 Å². The van der Waals surface area contributed by atoms with E-state index in [4.69, 9.17) is 9.72 Å². The first kappa shape index (κ1) is 17.8. The average molecular weight is 403 g/mol. The average Bonchev–Trinajstić information content (AvgIpc) is 3.23. The monoisotopic (exact) mass is 403 g/mol. The number of hydrogen-bond acceptors (Lipinski definition) is 7. The van der Waals surface area contributed by atoms with E-state index >= 15 is 0 Å². The fraction of sp³-hybridized carbons (Fsp3) is 0.526. The van der Waals surface area contributed by atoms with Gasteiger partial charge in [-0.15, -0.1) is 0 Å². The number of thiazole rings is 1. The lowest BCUT2D eigenvalue weighted by Gasteiger charge is -2.35. The van der Waals surface area contributed by atoms with Crippen LogP contribution in [0, 0.1) is 5.95 Å². The second-order valence-corrected chi connectivity index (χ2v) is 8.55. The Bertz CT molecular complexity index is 858. The molecule has 3 aliphatic rings. The van der Waals surface area contributed by atoms with Crippen molar-refractivity contribution in [2.45, 2.75) is 37.9 Å². The summed E-state index contributed by atoms with van der Waals surface area (Å²) in [6.07, 6.45) is 4.51. The predicted octanol–water partition coefficient (Wildman–Crippen LogP) is 1.58. The molecule has 2 saturated heterocycles. The van der Waals surface area contributed by atoms with E-state index in [9.17, 15) is 9.18 Å². The molecule has 2 fully saturated rings. The minimum absolute atomic E-state index is 0.0732. The highest BCUT2D eigenvalue weighted by atomic mass is 32.1. The van der Waals surface area contributed by atoms with Crippen LogP contribution < -0.4 is 15.0 Å². The topological polar surface area (TPSA) is 70.6 Å². The summed E-state index contributed by atoms with van der Waals surface area (Å²) in [4.78, 5) is 26.5. The van der Waals surface area contributed by atoms with Crippen LogP contribution in [0.3, 0.4) is 0 Å². The number of rotatable bonds is 4. The largest absolute Gasteiger partial charge is 0.482 e. The Kier molecular flexibility index (Phi) is 4.64. The van der Waals surface area contributed by atoms with Gasteiger partial charge in [0.25, 0.3) is 5.91 Å². The lowest BCUT2D eigenvalue weighted by Crippen LogP contribution is -2.51. The molecule has 148 valence electrons. The van der Waals surface area contributed by atoms with E-state index in [1.165, 1.54) is 36.0 Å². The van der Waals surface area contributed by atoms with Gasteiger partial charge in [0.1, 0.15) is 5.75 Å². The number of anilines is 1. The van der Waals surface area contributed by atoms with Crippen LogP contribution >= 0.6 is 11.3 Å². The summed E-state index contributed by atoms with van der Waals surface area (Å²) < 4.78 is 18.3. The number of amides is 1. The number of piperazine rings is 1. The van der Waals surface area contributed by atoms with Gasteiger partial charge in [0.05, 0.1) is 18.4 Å². The number of fused-ring (bicyclic) bond motifs is 3. The lowest BCUT2D eigenvalue weighted by molar-refractivity contribution is -0.134. The summed E-state index contributed by atoms with van der Waals surface area (Å²) in [7, 11) is 0. The van der Waals surface area contributed by atoms with Crippen molar-refractivity contribution in [3.8, 4) is 5.75 Å². The number of carbonyl (C=O) groups is 1. The van der Waals surface area contributed by atoms with Gasteiger partial charge >= 0.3 is 0 Å². The van der Waals surface area contributed by atoms with E-state index in [0.717, 1.165) is 30.3 Å². The zero-order chi connectivity index (χ0) is 19.1. The van der Waals surface area contributed by atoms with Crippen LogP contribution in [0.5, 0.6) is 5.75 Å². The van der Waals surface area contributed by atoms with Crippen LogP contribution in [0.15, 0.2) is 18.3 Å². The highest BCUT2D eigenvalue weighted by molar-refractivity contribution is 7.15. The van der Waals surface area contributed by atoms with Gasteiger partial charge in [-0.3, -0.25) is 4.79 Å². The van der Waals surface area contributed by atoms with E-state index in [1.54, 1.807) is 11.3 Å². The summed E-state index contributed by atoms with van der Waals surface area (Å²) in [5.74, 6) is -0.255. The predicted molar refractivity (Wildman–Crippen MR) is 103 cm³/mol. The quantitative estimate of drug-likeness (QED) is 0.782. The van der Waals surface area contributed by atoms with E-state index in [1.807, 2.05) is 4.90 Å². The molecule has 1 amide bonds. The van der Waals surface area contributed by atoms with E-state index < -0.39 is 5.95 Å². The van der Waals surface area contributed by atoms with Crippen molar-refractivity contribution >= 4 is 22.4 Å². The van der Waals surface area contributed by atoms with Crippen molar-refractivity contribution in [1.82, 2.24) is 20.2 Å². The summed E-state index contributed by atoms with van der Waals surface area (Å²) in [5, 5.41) is 4.62. The first-order valence-corrected chi connectivity index (χ1v) is 10.5. The first-order chi connectivity index (χ1) is 13.7. The number of halogens is 1. The van der Waals surface area contributed by atoms with Gasteiger partial charge in [-0.05, 0) is 25.0 Å². The van der Waals surface area contributed by atoms with Gasteiger partial charge in [-0.2, -0.15) is 4.39 Å². The molecule has 2 aromatic rings. The smallest absolute Gasteiger partial charge is 0.260 e. The number of hydrogen-bond donors (Lipinski definition) is 1. The van der Waals surface area contributed by atoms with Crippen molar-refractivity contribution in [3.63, 3.8) is 0 Å². The molecule has 3 aliphatic heterocycles. The van der Waals surface area contributed by atoms with Crippen molar-refractivity contribution in [3.05, 3.63) is 34.8 Å². The maximum absolute atomic E-state index is 12.9. The number of nitrogens with zero attached hydrogens (tertiary/aromatic N) is 4. The van der Waals surface area contributed by atoms with Crippen molar-refractivity contribution in [2.75, 3.05) is 31.1 Å². The Morgan fingerprint density at radius 3 is 2.89 bits per heavy atom. The molecule has 0 spiro atoms. The SMILES string of the molecule is O=C(COc1ccc(F)nc1)N1CCc2nc(N3C4CCC3CNC4)sc2C1. The van der Waals surface area contributed by atoms with Crippen molar-refractivity contribution < 1.29 is 13.9 Å². The molecule has 2 bridgehead atoms. The number of aromatic nitrogens is 2. The van der Waals surface area contributed by atoms with Crippen LogP contribution in [-0.2, 0) is 17.8 Å². The summed E-state index contributed by atoms with van der Waals surface area (Å²) in [6.45, 7) is 3.21. The fourth-order valence-corrected chi connectivity index (χ4v) is 5.55. The molecule has 9 heteroatoms. The Morgan fingerprint density at radius 1 is 1.32 bits per heavy atom. The molecule has 2 aromatic heterocycles. The Labute approximate surface area is 166 Å². The van der Waals surface area contributed by atoms with E-state index in [-0.39, 0.29) is 12.5 Å². The Balaban J connectivity index is 1.23. The van der Waals surface area contributed by atoms with Crippen molar-refractivity contribution in [1.29, 1.82) is 0 Å². The van der Waals surface area contributed by atoms with Gasteiger partial charge < -0.3 is 19.9 Å². The second kappa shape index (κ2) is 7.29. The summed E-state index contributed by atoms with van der Waals surface area (Å²) in [6, 6.07) is 3.78. The highest BCUT2D eigenvalue weighted by Gasteiger charge is 2.39. The maximum Gasteiger partial charge on any atom is 0.260 e. The van der Waals surface area contributed by atoms with Gasteiger partial charge in [0.15, 0.2) is 11.7 Å². The molecule has 2 unspecified atom stereocenters. The highest BCUT2D eigenvalue weighted by Crippen LogP contribution is 2.37. The number of pyridine rings is 1. The zero-order valence-corrected chi connectivity index (χ0v) is 16.3. The third kappa shape index (κ3) is 3.33. The fourth-order valence-electron chi connectivity index (χ4n) is 4.28. The van der Waals surface area contributed by atoms with Crippen LogP contribution in [0.1, 0.15) is 23.4 Å². The normalized spacial score (nSPS) is 23.6. The number of nitrogens with one attached hydrogen (secondary N) is 1. The van der Waals surface area contributed by atoms with E-state index in [0.29, 0.717) is 30.9 Å².